The Labute approximate surface area is 194 Å². The third kappa shape index (κ3) is 4.72. The summed E-state index contributed by atoms with van der Waals surface area (Å²) in [6.07, 6.45) is 6.88. The molecule has 33 heavy (non-hydrogen) atoms. The molecule has 3 heterocycles. The van der Waals surface area contributed by atoms with Crippen LogP contribution >= 0.6 is 0 Å². The molecular weight excluding hydrogens is 418 g/mol. The summed E-state index contributed by atoms with van der Waals surface area (Å²) in [5.74, 6) is 0.295. The molecule has 0 saturated carbocycles. The number of piperidine rings is 1. The molecule has 0 radical (unpaired) electrons. The van der Waals surface area contributed by atoms with Crippen LogP contribution < -0.4 is 0 Å². The van der Waals surface area contributed by atoms with Crippen LogP contribution in [0.25, 0.3) is 5.52 Å². The van der Waals surface area contributed by atoms with Crippen molar-refractivity contribution in [2.45, 2.75) is 46.1 Å². The summed E-state index contributed by atoms with van der Waals surface area (Å²) in [5, 5.41) is 0. The number of aromatic nitrogens is 2. The molecule has 1 amide bonds. The van der Waals surface area contributed by atoms with Crippen LogP contribution in [-0.2, 0) is 16.1 Å². The first-order valence-corrected chi connectivity index (χ1v) is 11.6. The van der Waals surface area contributed by atoms with E-state index in [0.717, 1.165) is 35.2 Å². The Morgan fingerprint density at radius 3 is 2.58 bits per heavy atom. The second-order valence-corrected chi connectivity index (χ2v) is 8.59. The lowest BCUT2D eigenvalue weighted by Crippen LogP contribution is -2.39. The molecule has 1 aliphatic rings. The van der Waals surface area contributed by atoms with Crippen molar-refractivity contribution in [3.05, 3.63) is 71.3 Å². The number of hydrogen-bond donors (Lipinski definition) is 0. The molecular formula is C26H31N3O4. The van der Waals surface area contributed by atoms with E-state index in [4.69, 9.17) is 9.47 Å². The van der Waals surface area contributed by atoms with Gasteiger partial charge in [-0.25, -0.2) is 9.59 Å². The standard InChI is InChI=1S/C26H31N3O4/c1-4-32-25(30)23-19(3)24(29-15-12-27-16-22(23)29)18(2)21-10-13-28(14-11-21)26(31)33-17-20-8-6-5-7-9-20/h5-9,12,15-16,18,21H,4,10-11,13-14,17H2,1-3H3. The van der Waals surface area contributed by atoms with Crippen molar-refractivity contribution >= 4 is 17.6 Å². The zero-order chi connectivity index (χ0) is 23.4. The Bertz CT molecular complexity index is 1120. The van der Waals surface area contributed by atoms with E-state index >= 15 is 0 Å². The highest BCUT2D eigenvalue weighted by molar-refractivity contribution is 5.99. The van der Waals surface area contributed by atoms with Gasteiger partial charge in [0.1, 0.15) is 6.61 Å². The maximum Gasteiger partial charge on any atom is 0.410 e. The number of amides is 1. The summed E-state index contributed by atoms with van der Waals surface area (Å²) in [4.78, 5) is 31.2. The maximum atomic E-state index is 12.7. The van der Waals surface area contributed by atoms with Gasteiger partial charge in [-0.15, -0.1) is 0 Å². The predicted octanol–water partition coefficient (Wildman–Crippen LogP) is 4.97. The van der Waals surface area contributed by atoms with E-state index in [9.17, 15) is 9.59 Å². The highest BCUT2D eigenvalue weighted by Gasteiger charge is 2.32. The Morgan fingerprint density at radius 2 is 1.88 bits per heavy atom. The molecule has 0 N–H and O–H groups in total. The van der Waals surface area contributed by atoms with Crippen LogP contribution in [0.3, 0.4) is 0 Å². The molecule has 1 aliphatic heterocycles. The molecule has 0 aliphatic carbocycles. The Balaban J connectivity index is 1.44. The lowest BCUT2D eigenvalue weighted by atomic mass is 9.82. The largest absolute Gasteiger partial charge is 0.462 e. The SMILES string of the molecule is CCOC(=O)c1c(C)c(C(C)C2CCN(C(=O)OCc3ccccc3)CC2)n2ccncc12. The van der Waals surface area contributed by atoms with E-state index in [2.05, 4.69) is 16.3 Å². The Hall–Kier alpha value is -3.35. The summed E-state index contributed by atoms with van der Waals surface area (Å²) in [5.41, 5.74) is 4.40. The highest BCUT2D eigenvalue weighted by Crippen LogP contribution is 2.37. The van der Waals surface area contributed by atoms with Crippen molar-refractivity contribution in [3.63, 3.8) is 0 Å². The Kier molecular flexibility index (Phi) is 6.96. The minimum Gasteiger partial charge on any atom is -0.462 e. The molecule has 1 atom stereocenters. The fourth-order valence-electron chi connectivity index (χ4n) is 4.89. The van der Waals surface area contributed by atoms with Crippen LogP contribution in [0.4, 0.5) is 4.79 Å². The molecule has 3 aromatic rings. The number of carbonyl (C=O) groups is 2. The minimum atomic E-state index is -0.310. The van der Waals surface area contributed by atoms with Crippen LogP contribution in [0.15, 0.2) is 48.9 Å². The third-order valence-electron chi connectivity index (χ3n) is 6.65. The van der Waals surface area contributed by atoms with Crippen LogP contribution in [0.5, 0.6) is 0 Å². The summed E-state index contributed by atoms with van der Waals surface area (Å²) < 4.78 is 12.9. The number of ether oxygens (including phenoxy) is 2. The van der Waals surface area contributed by atoms with Gasteiger partial charge < -0.3 is 18.8 Å². The average molecular weight is 450 g/mol. The normalized spacial score (nSPS) is 15.4. The van der Waals surface area contributed by atoms with E-state index in [1.54, 1.807) is 17.3 Å². The van der Waals surface area contributed by atoms with Crippen molar-refractivity contribution in [1.82, 2.24) is 14.3 Å². The second-order valence-electron chi connectivity index (χ2n) is 8.59. The number of esters is 1. The molecule has 1 fully saturated rings. The number of benzene rings is 1. The van der Waals surface area contributed by atoms with Gasteiger partial charge in [0.2, 0.25) is 0 Å². The predicted molar refractivity (Wildman–Crippen MR) is 125 cm³/mol. The monoisotopic (exact) mass is 449 g/mol. The maximum absolute atomic E-state index is 12.7. The molecule has 1 aromatic carbocycles. The van der Waals surface area contributed by atoms with Crippen LogP contribution in [-0.4, -0.2) is 46.0 Å². The summed E-state index contributed by atoms with van der Waals surface area (Å²) in [7, 11) is 0. The van der Waals surface area contributed by atoms with Gasteiger partial charge in [-0.05, 0) is 49.7 Å². The number of hydrogen-bond acceptors (Lipinski definition) is 5. The molecule has 7 nitrogen and oxygen atoms in total. The van der Waals surface area contributed by atoms with Crippen molar-refractivity contribution < 1.29 is 19.1 Å². The minimum absolute atomic E-state index is 0.213. The molecule has 0 bridgehead atoms. The van der Waals surface area contributed by atoms with E-state index in [1.165, 1.54) is 0 Å². The molecule has 1 saturated heterocycles. The summed E-state index contributed by atoms with van der Waals surface area (Å²) in [6, 6.07) is 9.72. The number of fused-ring (bicyclic) bond motifs is 1. The zero-order valence-electron chi connectivity index (χ0n) is 19.5. The summed E-state index contributed by atoms with van der Waals surface area (Å²) >= 11 is 0. The van der Waals surface area contributed by atoms with E-state index < -0.39 is 0 Å². The Morgan fingerprint density at radius 1 is 1.15 bits per heavy atom. The summed E-state index contributed by atoms with van der Waals surface area (Å²) in [6.45, 7) is 7.95. The van der Waals surface area contributed by atoms with E-state index in [-0.39, 0.29) is 24.6 Å². The van der Waals surface area contributed by atoms with Gasteiger partial charge in [-0.2, -0.15) is 0 Å². The fraction of sp³-hybridized carbons (Fsp3) is 0.423. The highest BCUT2D eigenvalue weighted by atomic mass is 16.6. The van der Waals surface area contributed by atoms with Crippen molar-refractivity contribution in [3.8, 4) is 0 Å². The van der Waals surface area contributed by atoms with Crippen LogP contribution in [0.2, 0.25) is 0 Å². The van der Waals surface area contributed by atoms with Crippen molar-refractivity contribution in [2.75, 3.05) is 19.7 Å². The van der Waals surface area contributed by atoms with Gasteiger partial charge in [-0.3, -0.25) is 4.98 Å². The molecule has 174 valence electrons. The first kappa shape index (κ1) is 22.8. The molecule has 4 rings (SSSR count). The smallest absolute Gasteiger partial charge is 0.410 e. The number of nitrogens with zero attached hydrogens (tertiary/aromatic N) is 3. The van der Waals surface area contributed by atoms with Crippen molar-refractivity contribution in [1.29, 1.82) is 0 Å². The lowest BCUT2D eigenvalue weighted by molar-refractivity contribution is 0.0527. The van der Waals surface area contributed by atoms with Gasteiger partial charge in [0.05, 0.1) is 23.9 Å². The topological polar surface area (TPSA) is 73.1 Å². The van der Waals surface area contributed by atoms with Gasteiger partial charge >= 0.3 is 12.1 Å². The zero-order valence-corrected chi connectivity index (χ0v) is 19.5. The number of rotatable bonds is 6. The quantitative estimate of drug-likeness (QED) is 0.497. The second kappa shape index (κ2) is 10.1. The van der Waals surface area contributed by atoms with Gasteiger partial charge in [-0.1, -0.05) is 37.3 Å². The molecule has 0 spiro atoms. The van der Waals surface area contributed by atoms with Crippen LogP contribution in [0.1, 0.15) is 59.8 Å². The van der Waals surface area contributed by atoms with E-state index in [0.29, 0.717) is 31.2 Å². The van der Waals surface area contributed by atoms with Crippen LogP contribution in [0, 0.1) is 12.8 Å². The number of carbonyl (C=O) groups excluding carboxylic acids is 2. The van der Waals surface area contributed by atoms with Gasteiger partial charge in [0.25, 0.3) is 0 Å². The van der Waals surface area contributed by atoms with Crippen molar-refractivity contribution in [2.24, 2.45) is 5.92 Å². The molecule has 1 unspecified atom stereocenters. The van der Waals surface area contributed by atoms with Gasteiger partial charge in [0.15, 0.2) is 0 Å². The molecule has 7 heteroatoms. The molecule has 2 aromatic heterocycles. The third-order valence-corrected chi connectivity index (χ3v) is 6.65. The average Bonchev–Trinajstić information content (AvgIpc) is 3.14. The number of likely N-dealkylation sites (tertiary alicyclic amines) is 1. The fourth-order valence-corrected chi connectivity index (χ4v) is 4.89. The van der Waals surface area contributed by atoms with Gasteiger partial charge in [0, 0.05) is 31.2 Å². The lowest BCUT2D eigenvalue weighted by Gasteiger charge is -2.34. The first-order chi connectivity index (χ1) is 16.0. The first-order valence-electron chi connectivity index (χ1n) is 11.6. The van der Waals surface area contributed by atoms with E-state index in [1.807, 2.05) is 50.4 Å².